The molecule has 108 valence electrons. The summed E-state index contributed by atoms with van der Waals surface area (Å²) in [6, 6.07) is 14.1. The van der Waals surface area contributed by atoms with Crippen LogP contribution in [0.4, 0.5) is 14.9 Å². The van der Waals surface area contributed by atoms with Crippen LogP contribution >= 0.6 is 11.6 Å². The minimum Gasteiger partial charge on any atom is -0.318 e. The number of hydrogen-bond donors (Lipinski definition) is 0. The monoisotopic (exact) mass is 304 g/mol. The molecule has 1 saturated heterocycles. The van der Waals surface area contributed by atoms with Gasteiger partial charge in [0.25, 0.3) is 0 Å². The first-order chi connectivity index (χ1) is 10.1. The van der Waals surface area contributed by atoms with Crippen LogP contribution in [0.25, 0.3) is 0 Å². The van der Waals surface area contributed by atoms with Crippen molar-refractivity contribution < 1.29 is 9.18 Å². The SMILES string of the molecule is O=C1N(Cc2ccccc2)CCN1c1ccc(F)c(Cl)c1. The summed E-state index contributed by atoms with van der Waals surface area (Å²) in [7, 11) is 0. The molecule has 3 rings (SSSR count). The van der Waals surface area contributed by atoms with Crippen molar-refractivity contribution in [1.82, 2.24) is 4.90 Å². The number of carbonyl (C=O) groups excluding carboxylic acids is 1. The Bertz CT molecular complexity index is 663. The number of rotatable bonds is 3. The van der Waals surface area contributed by atoms with Gasteiger partial charge < -0.3 is 4.90 Å². The molecule has 0 bridgehead atoms. The maximum Gasteiger partial charge on any atom is 0.324 e. The number of carbonyl (C=O) groups is 1. The maximum atomic E-state index is 13.2. The Labute approximate surface area is 127 Å². The molecule has 1 aliphatic rings. The second-order valence-corrected chi connectivity index (χ2v) is 5.35. The molecule has 0 spiro atoms. The lowest BCUT2D eigenvalue weighted by Gasteiger charge is -2.19. The van der Waals surface area contributed by atoms with Crippen LogP contribution in [0, 0.1) is 5.82 Å². The summed E-state index contributed by atoms with van der Waals surface area (Å²) in [4.78, 5) is 15.8. The molecule has 0 atom stereocenters. The molecule has 21 heavy (non-hydrogen) atoms. The Morgan fingerprint density at radius 1 is 1.10 bits per heavy atom. The first-order valence-corrected chi connectivity index (χ1v) is 7.08. The summed E-state index contributed by atoms with van der Waals surface area (Å²) >= 11 is 5.78. The van der Waals surface area contributed by atoms with Crippen LogP contribution < -0.4 is 4.90 Å². The molecule has 0 aromatic heterocycles. The standard InChI is InChI=1S/C16H14ClFN2O/c17-14-10-13(6-7-15(14)18)20-9-8-19(16(20)21)11-12-4-2-1-3-5-12/h1-7,10H,8-9,11H2. The molecule has 1 fully saturated rings. The molecule has 1 heterocycles. The van der Waals surface area contributed by atoms with Gasteiger partial charge in [0.05, 0.1) is 5.02 Å². The van der Waals surface area contributed by atoms with E-state index in [9.17, 15) is 9.18 Å². The van der Waals surface area contributed by atoms with Crippen molar-refractivity contribution in [3.63, 3.8) is 0 Å². The fraction of sp³-hybridized carbons (Fsp3) is 0.188. The van der Waals surface area contributed by atoms with E-state index in [1.165, 1.54) is 12.1 Å². The number of benzene rings is 2. The Balaban J connectivity index is 1.75. The highest BCUT2D eigenvalue weighted by Gasteiger charge is 2.29. The van der Waals surface area contributed by atoms with Crippen LogP contribution in [0.2, 0.25) is 5.02 Å². The Morgan fingerprint density at radius 2 is 1.86 bits per heavy atom. The van der Waals surface area contributed by atoms with Gasteiger partial charge in [0, 0.05) is 25.3 Å². The van der Waals surface area contributed by atoms with E-state index in [4.69, 9.17) is 11.6 Å². The molecule has 3 nitrogen and oxygen atoms in total. The van der Waals surface area contributed by atoms with Crippen LogP contribution in [0.1, 0.15) is 5.56 Å². The Hall–Kier alpha value is -2.07. The predicted octanol–water partition coefficient (Wildman–Crippen LogP) is 3.92. The molecule has 0 saturated carbocycles. The van der Waals surface area contributed by atoms with E-state index in [-0.39, 0.29) is 11.1 Å². The van der Waals surface area contributed by atoms with Crippen molar-refractivity contribution in [3.8, 4) is 0 Å². The summed E-state index contributed by atoms with van der Waals surface area (Å²) < 4.78 is 13.2. The molecular formula is C16H14ClFN2O. The molecule has 2 aromatic rings. The highest BCUT2D eigenvalue weighted by Crippen LogP contribution is 2.26. The number of anilines is 1. The fourth-order valence-corrected chi connectivity index (χ4v) is 2.60. The van der Waals surface area contributed by atoms with Gasteiger partial charge in [-0.2, -0.15) is 0 Å². The topological polar surface area (TPSA) is 23.6 Å². The van der Waals surface area contributed by atoms with Gasteiger partial charge >= 0.3 is 6.03 Å². The maximum absolute atomic E-state index is 13.2. The summed E-state index contributed by atoms with van der Waals surface area (Å²) in [5.41, 5.74) is 1.71. The molecule has 2 amide bonds. The third-order valence-electron chi connectivity index (χ3n) is 3.53. The van der Waals surface area contributed by atoms with Crippen LogP contribution in [-0.4, -0.2) is 24.0 Å². The average molecular weight is 305 g/mol. The van der Waals surface area contributed by atoms with Crippen molar-refractivity contribution in [2.45, 2.75) is 6.54 Å². The second-order valence-electron chi connectivity index (χ2n) is 4.94. The van der Waals surface area contributed by atoms with E-state index in [0.29, 0.717) is 25.3 Å². The van der Waals surface area contributed by atoms with Gasteiger partial charge in [0.1, 0.15) is 5.82 Å². The third-order valence-corrected chi connectivity index (χ3v) is 3.82. The highest BCUT2D eigenvalue weighted by molar-refractivity contribution is 6.31. The van der Waals surface area contributed by atoms with E-state index in [2.05, 4.69) is 0 Å². The van der Waals surface area contributed by atoms with E-state index in [0.717, 1.165) is 5.56 Å². The van der Waals surface area contributed by atoms with Gasteiger partial charge in [0.15, 0.2) is 0 Å². The lowest BCUT2D eigenvalue weighted by molar-refractivity contribution is 0.219. The number of nitrogens with zero attached hydrogens (tertiary/aromatic N) is 2. The zero-order valence-electron chi connectivity index (χ0n) is 11.3. The van der Waals surface area contributed by atoms with Crippen LogP contribution in [0.3, 0.4) is 0 Å². The highest BCUT2D eigenvalue weighted by atomic mass is 35.5. The molecule has 2 aromatic carbocycles. The molecular weight excluding hydrogens is 291 g/mol. The van der Waals surface area contributed by atoms with Crippen LogP contribution in [-0.2, 0) is 6.54 Å². The minimum atomic E-state index is -0.479. The third kappa shape index (κ3) is 2.85. The zero-order valence-corrected chi connectivity index (χ0v) is 12.1. The predicted molar refractivity (Wildman–Crippen MR) is 81.0 cm³/mol. The Kier molecular flexibility index (Phi) is 3.80. The number of urea groups is 1. The molecule has 1 aliphatic heterocycles. The zero-order chi connectivity index (χ0) is 14.8. The van der Waals surface area contributed by atoms with E-state index >= 15 is 0 Å². The average Bonchev–Trinajstić information content (AvgIpc) is 2.84. The van der Waals surface area contributed by atoms with Gasteiger partial charge in [-0.15, -0.1) is 0 Å². The Morgan fingerprint density at radius 3 is 2.57 bits per heavy atom. The van der Waals surface area contributed by atoms with Crippen molar-refractivity contribution in [2.24, 2.45) is 0 Å². The second kappa shape index (κ2) is 5.74. The van der Waals surface area contributed by atoms with E-state index < -0.39 is 5.82 Å². The van der Waals surface area contributed by atoms with Crippen molar-refractivity contribution >= 4 is 23.3 Å². The molecule has 0 aliphatic carbocycles. The van der Waals surface area contributed by atoms with E-state index in [1.807, 2.05) is 30.3 Å². The number of hydrogen-bond acceptors (Lipinski definition) is 1. The van der Waals surface area contributed by atoms with Crippen molar-refractivity contribution in [3.05, 3.63) is 64.9 Å². The smallest absolute Gasteiger partial charge is 0.318 e. The van der Waals surface area contributed by atoms with Crippen LogP contribution in [0.15, 0.2) is 48.5 Å². The summed E-state index contributed by atoms with van der Waals surface area (Å²) in [5.74, 6) is -0.479. The number of amides is 2. The lowest BCUT2D eigenvalue weighted by Crippen LogP contribution is -2.31. The number of halogens is 2. The first-order valence-electron chi connectivity index (χ1n) is 6.70. The van der Waals surface area contributed by atoms with E-state index in [1.54, 1.807) is 15.9 Å². The summed E-state index contributed by atoms with van der Waals surface area (Å²) in [5, 5.41) is 0.0295. The van der Waals surface area contributed by atoms with Gasteiger partial charge in [0.2, 0.25) is 0 Å². The summed E-state index contributed by atoms with van der Waals surface area (Å²) in [6.45, 7) is 1.79. The minimum absolute atomic E-state index is 0.0295. The fourth-order valence-electron chi connectivity index (χ4n) is 2.43. The first kappa shape index (κ1) is 13.9. The summed E-state index contributed by atoms with van der Waals surface area (Å²) in [6.07, 6.45) is 0. The lowest BCUT2D eigenvalue weighted by atomic mass is 10.2. The molecule has 0 radical (unpaired) electrons. The van der Waals surface area contributed by atoms with Crippen molar-refractivity contribution in [2.75, 3.05) is 18.0 Å². The quantitative estimate of drug-likeness (QED) is 0.843. The molecule has 5 heteroatoms. The van der Waals surface area contributed by atoms with Gasteiger partial charge in [-0.25, -0.2) is 9.18 Å². The van der Waals surface area contributed by atoms with Crippen LogP contribution in [0.5, 0.6) is 0 Å². The van der Waals surface area contributed by atoms with Gasteiger partial charge in [-0.05, 0) is 23.8 Å². The molecule has 0 unspecified atom stereocenters. The van der Waals surface area contributed by atoms with Gasteiger partial charge in [-0.3, -0.25) is 4.90 Å². The van der Waals surface area contributed by atoms with Gasteiger partial charge in [-0.1, -0.05) is 41.9 Å². The van der Waals surface area contributed by atoms with Crippen molar-refractivity contribution in [1.29, 1.82) is 0 Å². The largest absolute Gasteiger partial charge is 0.324 e. The molecule has 0 N–H and O–H groups in total. The normalized spacial score (nSPS) is 14.9.